The van der Waals surface area contributed by atoms with Crippen LogP contribution in [0.1, 0.15) is 33.1 Å². The van der Waals surface area contributed by atoms with Crippen LogP contribution < -0.4 is 5.32 Å². The first-order valence-corrected chi connectivity index (χ1v) is 6.55. The summed E-state index contributed by atoms with van der Waals surface area (Å²) in [6, 6.07) is 8.85. The highest BCUT2D eigenvalue weighted by molar-refractivity contribution is 5.48. The van der Waals surface area contributed by atoms with Gasteiger partial charge < -0.3 is 5.32 Å². The van der Waals surface area contributed by atoms with E-state index in [1.54, 1.807) is 17.3 Å². The lowest BCUT2D eigenvalue weighted by Crippen LogP contribution is -2.17. The molecule has 0 bridgehead atoms. The lowest BCUT2D eigenvalue weighted by molar-refractivity contribution is 0.623. The van der Waals surface area contributed by atoms with Gasteiger partial charge in [0.25, 0.3) is 0 Å². The van der Waals surface area contributed by atoms with Gasteiger partial charge in [0.05, 0.1) is 5.69 Å². The molecule has 2 aromatic rings. The van der Waals surface area contributed by atoms with Crippen molar-refractivity contribution in [3.63, 3.8) is 0 Å². The zero-order valence-corrected chi connectivity index (χ0v) is 11.0. The lowest BCUT2D eigenvalue weighted by atomic mass is 10.1. The van der Waals surface area contributed by atoms with Crippen molar-refractivity contribution in [2.75, 3.05) is 5.32 Å². The Morgan fingerprint density at radius 1 is 1.22 bits per heavy atom. The molecule has 0 radical (unpaired) electrons. The van der Waals surface area contributed by atoms with Gasteiger partial charge in [0.1, 0.15) is 12.7 Å². The second-order valence-corrected chi connectivity index (χ2v) is 4.43. The molecule has 4 heteroatoms. The van der Waals surface area contributed by atoms with Crippen LogP contribution in [0.4, 0.5) is 5.69 Å². The molecular weight excluding hydrogens is 224 g/mol. The van der Waals surface area contributed by atoms with E-state index in [0.29, 0.717) is 6.04 Å². The highest BCUT2D eigenvalue weighted by atomic mass is 15.3. The molecule has 0 amide bonds. The number of benzene rings is 1. The molecule has 0 spiro atoms. The van der Waals surface area contributed by atoms with Crippen molar-refractivity contribution in [2.45, 2.75) is 39.2 Å². The average Bonchev–Trinajstić information content (AvgIpc) is 2.93. The Morgan fingerprint density at radius 2 is 2.00 bits per heavy atom. The zero-order valence-electron chi connectivity index (χ0n) is 11.0. The van der Waals surface area contributed by atoms with Crippen molar-refractivity contribution in [1.29, 1.82) is 0 Å². The zero-order chi connectivity index (χ0) is 12.8. The first-order chi connectivity index (χ1) is 8.83. The Morgan fingerprint density at radius 3 is 2.56 bits per heavy atom. The lowest BCUT2D eigenvalue weighted by Gasteiger charge is -2.17. The average molecular weight is 244 g/mol. The van der Waals surface area contributed by atoms with Crippen LogP contribution in [0.15, 0.2) is 36.9 Å². The molecule has 0 saturated heterocycles. The molecule has 1 atom stereocenters. The van der Waals surface area contributed by atoms with E-state index in [-0.39, 0.29) is 0 Å². The molecule has 18 heavy (non-hydrogen) atoms. The van der Waals surface area contributed by atoms with Crippen molar-refractivity contribution in [2.24, 2.45) is 0 Å². The van der Waals surface area contributed by atoms with E-state index < -0.39 is 0 Å². The second-order valence-electron chi connectivity index (χ2n) is 4.43. The fourth-order valence-electron chi connectivity index (χ4n) is 2.01. The summed E-state index contributed by atoms with van der Waals surface area (Å²) in [6.45, 7) is 4.44. The van der Waals surface area contributed by atoms with Gasteiger partial charge in [0.2, 0.25) is 0 Å². The van der Waals surface area contributed by atoms with E-state index in [1.807, 2.05) is 0 Å². The SMILES string of the molecule is CCCC(CC)Nc1ccc(-n2cncn2)cc1. The Hall–Kier alpha value is -1.84. The third kappa shape index (κ3) is 3.09. The second kappa shape index (κ2) is 6.19. The third-order valence-electron chi connectivity index (χ3n) is 3.05. The summed E-state index contributed by atoms with van der Waals surface area (Å²) in [5, 5.41) is 7.66. The van der Waals surface area contributed by atoms with Crippen LogP contribution in [0.25, 0.3) is 5.69 Å². The van der Waals surface area contributed by atoms with Gasteiger partial charge >= 0.3 is 0 Å². The molecule has 96 valence electrons. The van der Waals surface area contributed by atoms with E-state index in [1.165, 1.54) is 18.5 Å². The number of hydrogen-bond acceptors (Lipinski definition) is 3. The summed E-state index contributed by atoms with van der Waals surface area (Å²) in [6.07, 6.45) is 6.82. The van der Waals surface area contributed by atoms with E-state index in [2.05, 4.69) is 53.5 Å². The van der Waals surface area contributed by atoms with Crippen LogP contribution in [0, 0.1) is 0 Å². The van der Waals surface area contributed by atoms with Crippen LogP contribution in [0.5, 0.6) is 0 Å². The highest BCUT2D eigenvalue weighted by Crippen LogP contribution is 2.15. The smallest absolute Gasteiger partial charge is 0.138 e. The maximum atomic E-state index is 4.11. The van der Waals surface area contributed by atoms with E-state index in [4.69, 9.17) is 0 Å². The van der Waals surface area contributed by atoms with Crippen molar-refractivity contribution in [3.8, 4) is 5.69 Å². The predicted octanol–water partition coefficient (Wildman–Crippen LogP) is 3.26. The highest BCUT2D eigenvalue weighted by Gasteiger charge is 2.04. The standard InChI is InChI=1S/C14H20N4/c1-3-5-12(4-2)17-13-6-8-14(9-7-13)18-11-15-10-16-18/h6-12,17H,3-5H2,1-2H3. The number of anilines is 1. The van der Waals surface area contributed by atoms with E-state index >= 15 is 0 Å². The van der Waals surface area contributed by atoms with Gasteiger partial charge in [-0.2, -0.15) is 5.10 Å². The summed E-state index contributed by atoms with van der Waals surface area (Å²) in [7, 11) is 0. The molecule has 4 nitrogen and oxygen atoms in total. The van der Waals surface area contributed by atoms with Gasteiger partial charge in [0, 0.05) is 11.7 Å². The van der Waals surface area contributed by atoms with Gasteiger partial charge in [0.15, 0.2) is 0 Å². The number of nitrogens with one attached hydrogen (secondary N) is 1. The quantitative estimate of drug-likeness (QED) is 0.848. The van der Waals surface area contributed by atoms with Crippen molar-refractivity contribution >= 4 is 5.69 Å². The number of hydrogen-bond donors (Lipinski definition) is 1. The van der Waals surface area contributed by atoms with Crippen molar-refractivity contribution in [1.82, 2.24) is 14.8 Å². The maximum absolute atomic E-state index is 4.11. The summed E-state index contributed by atoms with van der Waals surface area (Å²) >= 11 is 0. The molecule has 1 aromatic heterocycles. The first-order valence-electron chi connectivity index (χ1n) is 6.55. The Bertz CT molecular complexity index is 447. The fraction of sp³-hybridized carbons (Fsp3) is 0.429. The van der Waals surface area contributed by atoms with Gasteiger partial charge in [-0.05, 0) is 37.1 Å². The topological polar surface area (TPSA) is 42.7 Å². The normalized spacial score (nSPS) is 12.3. The summed E-state index contributed by atoms with van der Waals surface area (Å²) in [4.78, 5) is 3.94. The van der Waals surface area contributed by atoms with E-state index in [0.717, 1.165) is 12.1 Å². The molecule has 1 unspecified atom stereocenters. The third-order valence-corrected chi connectivity index (χ3v) is 3.05. The molecule has 0 aliphatic rings. The molecule has 1 aromatic carbocycles. The Balaban J connectivity index is 2.03. The van der Waals surface area contributed by atoms with Gasteiger partial charge in [-0.3, -0.25) is 0 Å². The molecule has 1 heterocycles. The van der Waals surface area contributed by atoms with Crippen molar-refractivity contribution in [3.05, 3.63) is 36.9 Å². The van der Waals surface area contributed by atoms with Crippen LogP contribution in [-0.2, 0) is 0 Å². The van der Waals surface area contributed by atoms with Gasteiger partial charge in [-0.1, -0.05) is 20.3 Å². The number of nitrogens with zero attached hydrogens (tertiary/aromatic N) is 3. The molecule has 2 rings (SSSR count). The van der Waals surface area contributed by atoms with Gasteiger partial charge in [-0.25, -0.2) is 9.67 Å². The minimum Gasteiger partial charge on any atom is -0.382 e. The summed E-state index contributed by atoms with van der Waals surface area (Å²) in [5.41, 5.74) is 2.20. The molecule has 0 saturated carbocycles. The van der Waals surface area contributed by atoms with E-state index in [9.17, 15) is 0 Å². The summed E-state index contributed by atoms with van der Waals surface area (Å²) in [5.74, 6) is 0. The molecular formula is C14H20N4. The minimum atomic E-state index is 0.562. The van der Waals surface area contributed by atoms with Gasteiger partial charge in [-0.15, -0.1) is 0 Å². The maximum Gasteiger partial charge on any atom is 0.138 e. The fourth-order valence-corrected chi connectivity index (χ4v) is 2.01. The first kappa shape index (κ1) is 12.6. The van der Waals surface area contributed by atoms with Crippen LogP contribution in [0.3, 0.4) is 0 Å². The monoisotopic (exact) mass is 244 g/mol. The molecule has 1 N–H and O–H groups in total. The Labute approximate surface area is 108 Å². The van der Waals surface area contributed by atoms with Crippen molar-refractivity contribution < 1.29 is 0 Å². The number of rotatable bonds is 6. The van der Waals surface area contributed by atoms with Crippen LogP contribution in [0.2, 0.25) is 0 Å². The molecule has 0 aliphatic heterocycles. The molecule has 0 fully saturated rings. The molecule has 0 aliphatic carbocycles. The summed E-state index contributed by atoms with van der Waals surface area (Å²) < 4.78 is 1.76. The predicted molar refractivity (Wildman–Crippen MR) is 74.0 cm³/mol. The Kier molecular flexibility index (Phi) is 4.34. The van der Waals surface area contributed by atoms with Crippen LogP contribution >= 0.6 is 0 Å². The number of aromatic nitrogens is 3. The largest absolute Gasteiger partial charge is 0.382 e. The van der Waals surface area contributed by atoms with Crippen LogP contribution in [-0.4, -0.2) is 20.8 Å². The minimum absolute atomic E-state index is 0.562.